The standard InChI is InChI=1S/C22H32O2/c1-2-24-21(23)22(16-7-17-22)15-6-8-18-11-13-20(14-12-18)19-9-4-3-5-10-19/h3-5,9-10,18,20H,2,6-8,11-17H2,1H3. The van der Waals surface area contributed by atoms with E-state index in [0.29, 0.717) is 6.61 Å². The zero-order valence-electron chi connectivity index (χ0n) is 15.1. The average molecular weight is 328 g/mol. The quantitative estimate of drug-likeness (QED) is 0.586. The Bertz CT molecular complexity index is 510. The predicted molar refractivity (Wildman–Crippen MR) is 97.9 cm³/mol. The van der Waals surface area contributed by atoms with Gasteiger partial charge >= 0.3 is 5.97 Å². The van der Waals surface area contributed by atoms with E-state index in [4.69, 9.17) is 4.74 Å². The fraction of sp³-hybridized carbons (Fsp3) is 0.682. The predicted octanol–water partition coefficient (Wildman–Crippen LogP) is 5.86. The van der Waals surface area contributed by atoms with Crippen molar-refractivity contribution in [2.45, 2.75) is 77.0 Å². The molecule has 1 aromatic carbocycles. The van der Waals surface area contributed by atoms with Crippen LogP contribution in [-0.2, 0) is 9.53 Å². The van der Waals surface area contributed by atoms with Gasteiger partial charge < -0.3 is 4.74 Å². The van der Waals surface area contributed by atoms with Crippen LogP contribution in [0.15, 0.2) is 30.3 Å². The average Bonchev–Trinajstić information content (AvgIpc) is 2.59. The number of esters is 1. The zero-order valence-corrected chi connectivity index (χ0v) is 15.1. The Labute approximate surface area is 147 Å². The van der Waals surface area contributed by atoms with Crippen molar-refractivity contribution in [3.8, 4) is 0 Å². The van der Waals surface area contributed by atoms with Gasteiger partial charge in [-0.25, -0.2) is 0 Å². The lowest BCUT2D eigenvalue weighted by Crippen LogP contribution is -2.39. The fourth-order valence-corrected chi connectivity index (χ4v) is 4.68. The summed E-state index contributed by atoms with van der Waals surface area (Å²) < 4.78 is 5.32. The van der Waals surface area contributed by atoms with E-state index in [2.05, 4.69) is 30.3 Å². The van der Waals surface area contributed by atoms with Crippen LogP contribution >= 0.6 is 0 Å². The smallest absolute Gasteiger partial charge is 0.312 e. The number of hydrogen-bond acceptors (Lipinski definition) is 2. The van der Waals surface area contributed by atoms with E-state index in [-0.39, 0.29) is 11.4 Å². The van der Waals surface area contributed by atoms with Gasteiger partial charge in [0.2, 0.25) is 0 Å². The molecule has 0 saturated heterocycles. The molecule has 0 radical (unpaired) electrons. The van der Waals surface area contributed by atoms with Crippen LogP contribution in [0.25, 0.3) is 0 Å². The summed E-state index contributed by atoms with van der Waals surface area (Å²) in [5, 5.41) is 0. The Morgan fingerprint density at radius 3 is 2.42 bits per heavy atom. The molecule has 0 atom stereocenters. The lowest BCUT2D eigenvalue weighted by atomic mass is 9.65. The summed E-state index contributed by atoms with van der Waals surface area (Å²) in [7, 11) is 0. The van der Waals surface area contributed by atoms with Gasteiger partial charge in [-0.1, -0.05) is 49.6 Å². The van der Waals surface area contributed by atoms with E-state index >= 15 is 0 Å². The number of rotatable bonds is 7. The van der Waals surface area contributed by atoms with Crippen molar-refractivity contribution >= 4 is 5.97 Å². The first-order valence-electron chi connectivity index (χ1n) is 9.96. The highest BCUT2D eigenvalue weighted by molar-refractivity contribution is 5.77. The highest BCUT2D eigenvalue weighted by Crippen LogP contribution is 2.47. The molecular formula is C22H32O2. The van der Waals surface area contributed by atoms with Gasteiger partial charge in [0, 0.05) is 0 Å². The van der Waals surface area contributed by atoms with E-state index in [1.54, 1.807) is 0 Å². The van der Waals surface area contributed by atoms with Gasteiger partial charge in [-0.3, -0.25) is 4.79 Å². The molecule has 0 heterocycles. The molecule has 3 rings (SSSR count). The van der Waals surface area contributed by atoms with Crippen molar-refractivity contribution < 1.29 is 9.53 Å². The van der Waals surface area contributed by atoms with Gasteiger partial charge in [0.1, 0.15) is 0 Å². The first-order chi connectivity index (χ1) is 11.7. The summed E-state index contributed by atoms with van der Waals surface area (Å²) in [6, 6.07) is 11.0. The normalized spacial score (nSPS) is 25.7. The highest BCUT2D eigenvalue weighted by atomic mass is 16.5. The monoisotopic (exact) mass is 328 g/mol. The number of carbonyl (C=O) groups is 1. The minimum atomic E-state index is -0.114. The van der Waals surface area contributed by atoms with E-state index in [1.807, 2.05) is 6.92 Å². The Morgan fingerprint density at radius 2 is 1.83 bits per heavy atom. The van der Waals surface area contributed by atoms with Crippen molar-refractivity contribution in [2.75, 3.05) is 6.61 Å². The molecule has 132 valence electrons. The lowest BCUT2D eigenvalue weighted by Gasteiger charge is -2.39. The molecule has 0 amide bonds. The second kappa shape index (κ2) is 8.18. The molecule has 0 spiro atoms. The molecule has 0 aliphatic heterocycles. The number of ether oxygens (including phenoxy) is 1. The molecular weight excluding hydrogens is 296 g/mol. The molecule has 2 heteroatoms. The lowest BCUT2D eigenvalue weighted by molar-refractivity contribution is -0.162. The van der Waals surface area contributed by atoms with Gasteiger partial charge in [0.25, 0.3) is 0 Å². The van der Waals surface area contributed by atoms with Crippen LogP contribution in [0.1, 0.15) is 82.6 Å². The molecule has 2 aliphatic carbocycles. The summed E-state index contributed by atoms with van der Waals surface area (Å²) in [4.78, 5) is 12.2. The fourth-order valence-electron chi connectivity index (χ4n) is 4.68. The van der Waals surface area contributed by atoms with Crippen LogP contribution in [0.5, 0.6) is 0 Å². The van der Waals surface area contributed by atoms with Gasteiger partial charge in [0.05, 0.1) is 12.0 Å². The first-order valence-corrected chi connectivity index (χ1v) is 9.96. The molecule has 2 fully saturated rings. The third-order valence-electron chi connectivity index (χ3n) is 6.40. The Hall–Kier alpha value is -1.31. The van der Waals surface area contributed by atoms with Crippen LogP contribution in [0.2, 0.25) is 0 Å². The maximum atomic E-state index is 12.2. The van der Waals surface area contributed by atoms with Gasteiger partial charge in [-0.05, 0) is 69.3 Å². The van der Waals surface area contributed by atoms with Crippen molar-refractivity contribution in [2.24, 2.45) is 11.3 Å². The summed E-state index contributed by atoms with van der Waals surface area (Å²) in [6.07, 6.45) is 12.2. The molecule has 0 bridgehead atoms. The van der Waals surface area contributed by atoms with Gasteiger partial charge in [-0.15, -0.1) is 0 Å². The van der Waals surface area contributed by atoms with E-state index in [9.17, 15) is 4.79 Å². The number of carbonyl (C=O) groups excluding carboxylic acids is 1. The van der Waals surface area contributed by atoms with E-state index in [1.165, 1.54) is 50.5 Å². The molecule has 0 aromatic heterocycles. The third kappa shape index (κ3) is 4.02. The number of benzene rings is 1. The topological polar surface area (TPSA) is 26.3 Å². The second-order valence-corrected chi connectivity index (χ2v) is 7.87. The summed E-state index contributed by atoms with van der Waals surface area (Å²) >= 11 is 0. The highest BCUT2D eigenvalue weighted by Gasteiger charge is 2.44. The van der Waals surface area contributed by atoms with Gasteiger partial charge in [-0.2, -0.15) is 0 Å². The minimum absolute atomic E-state index is 0.0732. The zero-order chi connectivity index (χ0) is 16.8. The second-order valence-electron chi connectivity index (χ2n) is 7.87. The van der Waals surface area contributed by atoms with Crippen LogP contribution in [-0.4, -0.2) is 12.6 Å². The van der Waals surface area contributed by atoms with Gasteiger partial charge in [0.15, 0.2) is 0 Å². The minimum Gasteiger partial charge on any atom is -0.466 e. The Kier molecular flexibility index (Phi) is 5.97. The Balaban J connectivity index is 1.40. The SMILES string of the molecule is CCOC(=O)C1(CCCC2CCC(c3ccccc3)CC2)CCC1. The van der Waals surface area contributed by atoms with Crippen molar-refractivity contribution in [1.29, 1.82) is 0 Å². The molecule has 0 N–H and O–H groups in total. The van der Waals surface area contributed by atoms with Crippen LogP contribution < -0.4 is 0 Å². The third-order valence-corrected chi connectivity index (χ3v) is 6.40. The van der Waals surface area contributed by atoms with Crippen LogP contribution in [0, 0.1) is 11.3 Å². The van der Waals surface area contributed by atoms with E-state index in [0.717, 1.165) is 31.1 Å². The molecule has 2 nitrogen and oxygen atoms in total. The van der Waals surface area contributed by atoms with Crippen LogP contribution in [0.3, 0.4) is 0 Å². The number of hydrogen-bond donors (Lipinski definition) is 0. The summed E-state index contributed by atoms with van der Waals surface area (Å²) in [5.74, 6) is 1.70. The maximum absolute atomic E-state index is 12.2. The largest absolute Gasteiger partial charge is 0.466 e. The van der Waals surface area contributed by atoms with E-state index < -0.39 is 0 Å². The Morgan fingerprint density at radius 1 is 1.12 bits per heavy atom. The first kappa shape index (κ1) is 17.5. The molecule has 0 unspecified atom stereocenters. The maximum Gasteiger partial charge on any atom is 0.312 e. The van der Waals surface area contributed by atoms with Crippen molar-refractivity contribution in [1.82, 2.24) is 0 Å². The molecule has 1 aromatic rings. The summed E-state index contributed by atoms with van der Waals surface area (Å²) in [6.45, 7) is 2.43. The van der Waals surface area contributed by atoms with Crippen molar-refractivity contribution in [3.63, 3.8) is 0 Å². The van der Waals surface area contributed by atoms with Crippen molar-refractivity contribution in [3.05, 3.63) is 35.9 Å². The molecule has 2 saturated carbocycles. The summed E-state index contributed by atoms with van der Waals surface area (Å²) in [5.41, 5.74) is 1.41. The molecule has 2 aliphatic rings. The van der Waals surface area contributed by atoms with Crippen LogP contribution in [0.4, 0.5) is 0 Å². The molecule has 24 heavy (non-hydrogen) atoms.